The molecule has 1 N–H and O–H groups in total. The minimum absolute atomic E-state index is 0.0751. The van der Waals surface area contributed by atoms with E-state index in [4.69, 9.17) is 4.52 Å². The molecule has 0 aliphatic rings. The molecule has 2 aromatic rings. The van der Waals surface area contributed by atoms with Crippen molar-refractivity contribution in [1.29, 1.82) is 0 Å². The fourth-order valence-electron chi connectivity index (χ4n) is 2.36. The average molecular weight is 317 g/mol. The minimum Gasteiger partial charge on any atom is -0.390 e. The first kappa shape index (κ1) is 17.6. The summed E-state index contributed by atoms with van der Waals surface area (Å²) >= 11 is 0. The van der Waals surface area contributed by atoms with Gasteiger partial charge in [-0.2, -0.15) is 4.98 Å². The molecule has 0 radical (unpaired) electrons. The zero-order chi connectivity index (χ0) is 17.0. The lowest BCUT2D eigenvalue weighted by molar-refractivity contribution is 0.0714. The number of aryl methyl sites for hydroxylation is 2. The van der Waals surface area contributed by atoms with Crippen LogP contribution >= 0.6 is 0 Å². The molecule has 1 aromatic heterocycles. The summed E-state index contributed by atoms with van der Waals surface area (Å²) in [5, 5.41) is 13.6. The molecular formula is C18H27N3O2. The zero-order valence-corrected chi connectivity index (χ0v) is 14.7. The van der Waals surface area contributed by atoms with Gasteiger partial charge in [-0.3, -0.25) is 4.90 Å². The predicted octanol–water partition coefficient (Wildman–Crippen LogP) is 3.27. The van der Waals surface area contributed by atoms with E-state index in [1.54, 1.807) is 0 Å². The maximum absolute atomic E-state index is 9.80. The SMILES string of the molecule is Cc1noc([C@@H](C)N(C)Cc2ccc(CCC(C)(C)O)cc2)n1. The van der Waals surface area contributed by atoms with Gasteiger partial charge >= 0.3 is 0 Å². The molecule has 0 saturated carbocycles. The highest BCUT2D eigenvalue weighted by atomic mass is 16.5. The van der Waals surface area contributed by atoms with Crippen molar-refractivity contribution in [3.8, 4) is 0 Å². The number of hydrogen-bond acceptors (Lipinski definition) is 5. The lowest BCUT2D eigenvalue weighted by Gasteiger charge is -2.22. The molecule has 0 spiro atoms. The Morgan fingerprint density at radius 3 is 2.35 bits per heavy atom. The molecule has 1 aromatic carbocycles. The summed E-state index contributed by atoms with van der Waals surface area (Å²) in [5.41, 5.74) is 1.87. The predicted molar refractivity (Wildman–Crippen MR) is 90.0 cm³/mol. The van der Waals surface area contributed by atoms with Crippen molar-refractivity contribution >= 4 is 0 Å². The molecule has 2 rings (SSSR count). The number of benzene rings is 1. The van der Waals surface area contributed by atoms with Gasteiger partial charge in [0.25, 0.3) is 0 Å². The second kappa shape index (κ2) is 7.23. The molecular weight excluding hydrogens is 290 g/mol. The number of rotatable bonds is 7. The largest absolute Gasteiger partial charge is 0.390 e. The van der Waals surface area contributed by atoms with Crippen molar-refractivity contribution in [3.05, 3.63) is 47.1 Å². The quantitative estimate of drug-likeness (QED) is 0.849. The summed E-state index contributed by atoms with van der Waals surface area (Å²) in [4.78, 5) is 6.47. The fourth-order valence-corrected chi connectivity index (χ4v) is 2.36. The summed E-state index contributed by atoms with van der Waals surface area (Å²) in [6.45, 7) is 8.39. The van der Waals surface area contributed by atoms with E-state index >= 15 is 0 Å². The van der Waals surface area contributed by atoms with Crippen molar-refractivity contribution in [2.45, 2.75) is 58.7 Å². The molecule has 23 heavy (non-hydrogen) atoms. The van der Waals surface area contributed by atoms with Crippen LogP contribution in [-0.4, -0.2) is 32.8 Å². The van der Waals surface area contributed by atoms with Gasteiger partial charge in [-0.25, -0.2) is 0 Å². The summed E-state index contributed by atoms with van der Waals surface area (Å²) in [5.74, 6) is 1.31. The number of aromatic nitrogens is 2. The van der Waals surface area contributed by atoms with Crippen LogP contribution in [0.4, 0.5) is 0 Å². The second-order valence-corrected chi connectivity index (χ2v) is 6.90. The Balaban J connectivity index is 1.92. The first-order valence-electron chi connectivity index (χ1n) is 8.05. The molecule has 1 atom stereocenters. The van der Waals surface area contributed by atoms with Crippen LogP contribution in [0.5, 0.6) is 0 Å². The second-order valence-electron chi connectivity index (χ2n) is 6.90. The normalized spacial score (nSPS) is 13.5. The Morgan fingerprint density at radius 2 is 1.83 bits per heavy atom. The van der Waals surface area contributed by atoms with Gasteiger partial charge in [0.15, 0.2) is 5.82 Å². The Labute approximate surface area is 138 Å². The topological polar surface area (TPSA) is 62.4 Å². The number of hydrogen-bond donors (Lipinski definition) is 1. The third-order valence-electron chi connectivity index (χ3n) is 4.04. The molecule has 126 valence electrons. The minimum atomic E-state index is -0.615. The number of aliphatic hydroxyl groups is 1. The molecule has 0 amide bonds. The first-order chi connectivity index (χ1) is 10.7. The van der Waals surface area contributed by atoms with E-state index in [0.717, 1.165) is 19.4 Å². The van der Waals surface area contributed by atoms with Crippen molar-refractivity contribution in [2.24, 2.45) is 0 Å². The van der Waals surface area contributed by atoms with Crippen molar-refractivity contribution in [3.63, 3.8) is 0 Å². The average Bonchev–Trinajstić information content (AvgIpc) is 2.91. The zero-order valence-electron chi connectivity index (χ0n) is 14.7. The Hall–Kier alpha value is -1.72. The Bertz CT molecular complexity index is 614. The van der Waals surface area contributed by atoms with Gasteiger partial charge < -0.3 is 9.63 Å². The van der Waals surface area contributed by atoms with Crippen LogP contribution in [0.25, 0.3) is 0 Å². The highest BCUT2D eigenvalue weighted by Gasteiger charge is 2.18. The van der Waals surface area contributed by atoms with Gasteiger partial charge in [0.1, 0.15) is 0 Å². The van der Waals surface area contributed by atoms with E-state index < -0.39 is 5.60 Å². The summed E-state index contributed by atoms with van der Waals surface area (Å²) in [7, 11) is 2.05. The van der Waals surface area contributed by atoms with Gasteiger partial charge in [-0.05, 0) is 58.7 Å². The van der Waals surface area contributed by atoms with Crippen molar-refractivity contribution in [2.75, 3.05) is 7.05 Å². The number of nitrogens with zero attached hydrogens (tertiary/aromatic N) is 3. The van der Waals surface area contributed by atoms with Crippen LogP contribution in [0.1, 0.15) is 56.1 Å². The summed E-state index contributed by atoms with van der Waals surface area (Å²) in [6.07, 6.45) is 1.65. The lowest BCUT2D eigenvalue weighted by Crippen LogP contribution is -2.22. The van der Waals surface area contributed by atoms with Crippen LogP contribution in [-0.2, 0) is 13.0 Å². The molecule has 0 fully saturated rings. The van der Waals surface area contributed by atoms with Crippen LogP contribution in [0.3, 0.4) is 0 Å². The van der Waals surface area contributed by atoms with E-state index in [-0.39, 0.29) is 6.04 Å². The highest BCUT2D eigenvalue weighted by Crippen LogP contribution is 2.20. The molecule has 0 aliphatic carbocycles. The molecule has 0 bridgehead atoms. The Kier molecular flexibility index (Phi) is 5.55. The highest BCUT2D eigenvalue weighted by molar-refractivity contribution is 5.23. The van der Waals surface area contributed by atoms with Crippen LogP contribution in [0, 0.1) is 6.92 Å². The summed E-state index contributed by atoms with van der Waals surface area (Å²) < 4.78 is 5.24. The van der Waals surface area contributed by atoms with E-state index in [1.807, 2.05) is 27.8 Å². The summed E-state index contributed by atoms with van der Waals surface area (Å²) in [6, 6.07) is 8.63. The standard InChI is InChI=1S/C18H27N3O2/c1-13(17-19-14(2)20-23-17)21(5)12-16-8-6-15(7-9-16)10-11-18(3,4)22/h6-9,13,22H,10-12H2,1-5H3/t13-/m1/s1. The Morgan fingerprint density at radius 1 is 1.22 bits per heavy atom. The van der Waals surface area contributed by atoms with Crippen LogP contribution in [0.15, 0.2) is 28.8 Å². The third-order valence-corrected chi connectivity index (χ3v) is 4.04. The van der Waals surface area contributed by atoms with Crippen LogP contribution < -0.4 is 0 Å². The third kappa shape index (κ3) is 5.44. The van der Waals surface area contributed by atoms with Gasteiger partial charge in [0.2, 0.25) is 5.89 Å². The van der Waals surface area contributed by atoms with Crippen LogP contribution in [0.2, 0.25) is 0 Å². The fraction of sp³-hybridized carbons (Fsp3) is 0.556. The van der Waals surface area contributed by atoms with E-state index in [9.17, 15) is 5.11 Å². The van der Waals surface area contributed by atoms with E-state index in [1.165, 1.54) is 11.1 Å². The van der Waals surface area contributed by atoms with Crippen molar-refractivity contribution < 1.29 is 9.63 Å². The van der Waals surface area contributed by atoms with Crippen molar-refractivity contribution in [1.82, 2.24) is 15.0 Å². The van der Waals surface area contributed by atoms with Gasteiger partial charge in [-0.1, -0.05) is 29.4 Å². The molecule has 0 aliphatic heterocycles. The maximum atomic E-state index is 9.80. The first-order valence-corrected chi connectivity index (χ1v) is 8.05. The smallest absolute Gasteiger partial charge is 0.243 e. The van der Waals surface area contributed by atoms with E-state index in [2.05, 4.69) is 46.2 Å². The molecule has 1 heterocycles. The van der Waals surface area contributed by atoms with Gasteiger partial charge in [-0.15, -0.1) is 0 Å². The molecule has 5 heteroatoms. The van der Waals surface area contributed by atoms with E-state index in [0.29, 0.717) is 11.7 Å². The lowest BCUT2D eigenvalue weighted by atomic mass is 9.98. The maximum Gasteiger partial charge on any atom is 0.243 e. The molecule has 5 nitrogen and oxygen atoms in total. The molecule has 0 saturated heterocycles. The monoisotopic (exact) mass is 317 g/mol. The molecule has 0 unspecified atom stereocenters. The van der Waals surface area contributed by atoms with Gasteiger partial charge in [0.05, 0.1) is 11.6 Å². The van der Waals surface area contributed by atoms with Gasteiger partial charge in [0, 0.05) is 6.54 Å².